The van der Waals surface area contributed by atoms with Gasteiger partial charge in [-0.2, -0.15) is 0 Å². The fourth-order valence-corrected chi connectivity index (χ4v) is 3.11. The number of aromatic hydroxyl groups is 1. The van der Waals surface area contributed by atoms with E-state index < -0.39 is 0 Å². The second kappa shape index (κ2) is 2.78. The minimum absolute atomic E-state index is 0.185. The fourth-order valence-electron chi connectivity index (χ4n) is 3.11. The molecule has 1 aliphatic carbocycles. The molecular weight excluding hydrogens is 184 g/mol. The van der Waals surface area contributed by atoms with Gasteiger partial charge in [-0.3, -0.25) is 0 Å². The van der Waals surface area contributed by atoms with Crippen LogP contribution >= 0.6 is 0 Å². The third kappa shape index (κ3) is 1.45. The van der Waals surface area contributed by atoms with Crippen molar-refractivity contribution in [3.8, 4) is 5.75 Å². The maximum Gasteiger partial charge on any atom is 0.118 e. The molecule has 0 radical (unpaired) electrons. The highest BCUT2D eigenvalue weighted by Crippen LogP contribution is 2.50. The zero-order valence-electron chi connectivity index (χ0n) is 10.3. The Morgan fingerprint density at radius 1 is 1.00 bits per heavy atom. The van der Waals surface area contributed by atoms with Crippen molar-refractivity contribution in [1.29, 1.82) is 0 Å². The van der Waals surface area contributed by atoms with E-state index in [0.29, 0.717) is 5.75 Å². The van der Waals surface area contributed by atoms with Crippen molar-refractivity contribution < 1.29 is 5.11 Å². The molecule has 1 aromatic carbocycles. The Hall–Kier alpha value is -0.980. The summed E-state index contributed by atoms with van der Waals surface area (Å²) in [5.41, 5.74) is 4.12. The van der Waals surface area contributed by atoms with Crippen LogP contribution in [0.3, 0.4) is 0 Å². The summed E-state index contributed by atoms with van der Waals surface area (Å²) in [6.45, 7) is 11.1. The standard InChI is InChI=1S/C14H20O/c1-9-6-10-11(7-12(9)15)14(4,5)8-13(10,2)3/h6-7,15H,8H2,1-5H3. The molecule has 0 spiro atoms. The van der Waals surface area contributed by atoms with Gasteiger partial charge in [-0.25, -0.2) is 0 Å². The Bertz CT molecular complexity index is 375. The van der Waals surface area contributed by atoms with Crippen LogP contribution in [0.4, 0.5) is 0 Å². The van der Waals surface area contributed by atoms with E-state index in [-0.39, 0.29) is 10.8 Å². The highest BCUT2D eigenvalue weighted by Gasteiger charge is 2.42. The van der Waals surface area contributed by atoms with Gasteiger partial charge in [0.25, 0.3) is 0 Å². The number of rotatable bonds is 0. The summed E-state index contributed by atoms with van der Waals surface area (Å²) in [4.78, 5) is 0. The molecule has 0 saturated carbocycles. The topological polar surface area (TPSA) is 20.2 Å². The Balaban J connectivity index is 2.71. The maximum absolute atomic E-state index is 9.79. The van der Waals surface area contributed by atoms with Gasteiger partial charge < -0.3 is 5.11 Å². The summed E-state index contributed by atoms with van der Waals surface area (Å²) in [5.74, 6) is 0.430. The summed E-state index contributed by atoms with van der Waals surface area (Å²) < 4.78 is 0. The zero-order valence-corrected chi connectivity index (χ0v) is 10.3. The molecule has 15 heavy (non-hydrogen) atoms. The van der Waals surface area contributed by atoms with E-state index >= 15 is 0 Å². The SMILES string of the molecule is Cc1cc2c(cc1O)C(C)(C)CC2(C)C. The molecule has 0 aromatic heterocycles. The second-order valence-electron chi connectivity index (χ2n) is 6.13. The number of benzene rings is 1. The number of aryl methyl sites for hydroxylation is 1. The van der Waals surface area contributed by atoms with Crippen molar-refractivity contribution in [1.82, 2.24) is 0 Å². The number of phenols is 1. The normalized spacial score (nSPS) is 21.4. The molecule has 1 N–H and O–H groups in total. The molecule has 82 valence electrons. The Morgan fingerprint density at radius 2 is 1.47 bits per heavy atom. The average Bonchev–Trinajstić information content (AvgIpc) is 2.21. The smallest absolute Gasteiger partial charge is 0.118 e. The molecule has 0 saturated heterocycles. The van der Waals surface area contributed by atoms with Gasteiger partial charge in [0.1, 0.15) is 5.75 Å². The maximum atomic E-state index is 9.79. The molecule has 0 unspecified atom stereocenters. The zero-order chi connectivity index (χ0) is 11.4. The number of hydrogen-bond acceptors (Lipinski definition) is 1. The van der Waals surface area contributed by atoms with Crippen LogP contribution in [0.15, 0.2) is 12.1 Å². The molecule has 0 amide bonds. The molecule has 2 rings (SSSR count). The Morgan fingerprint density at radius 3 is 2.00 bits per heavy atom. The minimum Gasteiger partial charge on any atom is -0.508 e. The first-order chi connectivity index (χ1) is 6.74. The summed E-state index contributed by atoms with van der Waals surface area (Å²) >= 11 is 0. The van der Waals surface area contributed by atoms with Crippen LogP contribution < -0.4 is 0 Å². The van der Waals surface area contributed by atoms with Crippen LogP contribution in [0, 0.1) is 6.92 Å². The highest BCUT2D eigenvalue weighted by atomic mass is 16.3. The van der Waals surface area contributed by atoms with Gasteiger partial charge in [-0.05, 0) is 46.9 Å². The summed E-state index contributed by atoms with van der Waals surface area (Å²) in [6, 6.07) is 4.11. The summed E-state index contributed by atoms with van der Waals surface area (Å²) in [5, 5.41) is 9.79. The van der Waals surface area contributed by atoms with Gasteiger partial charge in [0.05, 0.1) is 0 Å². The first-order valence-electron chi connectivity index (χ1n) is 5.59. The van der Waals surface area contributed by atoms with E-state index in [1.54, 1.807) is 0 Å². The predicted molar refractivity (Wildman–Crippen MR) is 63.5 cm³/mol. The first-order valence-corrected chi connectivity index (χ1v) is 5.59. The lowest BCUT2D eigenvalue weighted by Crippen LogP contribution is -2.17. The minimum atomic E-state index is 0.185. The molecule has 0 fully saturated rings. The van der Waals surface area contributed by atoms with Gasteiger partial charge in [0, 0.05) is 0 Å². The van der Waals surface area contributed by atoms with Crippen LogP contribution in [0.5, 0.6) is 5.75 Å². The van der Waals surface area contributed by atoms with Gasteiger partial charge in [-0.15, -0.1) is 0 Å². The quantitative estimate of drug-likeness (QED) is 0.683. The number of phenolic OH excluding ortho intramolecular Hbond substituents is 1. The lowest BCUT2D eigenvalue weighted by Gasteiger charge is -2.22. The molecule has 1 nitrogen and oxygen atoms in total. The van der Waals surface area contributed by atoms with E-state index in [4.69, 9.17) is 0 Å². The molecule has 1 heteroatoms. The molecule has 1 aliphatic rings. The Labute approximate surface area is 92.1 Å². The predicted octanol–water partition coefficient (Wildman–Crippen LogP) is 3.66. The molecule has 0 aliphatic heterocycles. The van der Waals surface area contributed by atoms with Crippen LogP contribution in [-0.2, 0) is 10.8 Å². The van der Waals surface area contributed by atoms with Crippen molar-refractivity contribution >= 4 is 0 Å². The van der Waals surface area contributed by atoms with Gasteiger partial charge in [0.15, 0.2) is 0 Å². The Kier molecular flexibility index (Phi) is 1.95. The third-order valence-corrected chi connectivity index (χ3v) is 3.68. The van der Waals surface area contributed by atoms with Gasteiger partial charge in [-0.1, -0.05) is 33.8 Å². The lowest BCUT2D eigenvalue weighted by molar-refractivity contribution is 0.402. The van der Waals surface area contributed by atoms with Crippen molar-refractivity contribution in [2.24, 2.45) is 0 Å². The van der Waals surface area contributed by atoms with E-state index in [9.17, 15) is 5.11 Å². The first kappa shape index (κ1) is 10.5. The third-order valence-electron chi connectivity index (χ3n) is 3.68. The average molecular weight is 204 g/mol. The van der Waals surface area contributed by atoms with Crippen molar-refractivity contribution in [2.45, 2.75) is 51.9 Å². The highest BCUT2D eigenvalue weighted by molar-refractivity contribution is 5.51. The van der Waals surface area contributed by atoms with E-state index in [1.165, 1.54) is 11.1 Å². The van der Waals surface area contributed by atoms with Crippen LogP contribution in [0.2, 0.25) is 0 Å². The van der Waals surface area contributed by atoms with Crippen molar-refractivity contribution in [3.05, 3.63) is 28.8 Å². The summed E-state index contributed by atoms with van der Waals surface area (Å²) in [7, 11) is 0. The summed E-state index contributed by atoms with van der Waals surface area (Å²) in [6.07, 6.45) is 1.15. The number of hydrogen-bond donors (Lipinski definition) is 1. The van der Waals surface area contributed by atoms with E-state index in [2.05, 4.69) is 33.8 Å². The molecule has 0 bridgehead atoms. The van der Waals surface area contributed by atoms with Crippen LogP contribution in [-0.4, -0.2) is 5.11 Å². The number of fused-ring (bicyclic) bond motifs is 1. The molecule has 0 heterocycles. The second-order valence-corrected chi connectivity index (χ2v) is 6.13. The van der Waals surface area contributed by atoms with Crippen molar-refractivity contribution in [2.75, 3.05) is 0 Å². The lowest BCUT2D eigenvalue weighted by atomic mass is 9.82. The molecule has 1 aromatic rings. The molecule has 0 atom stereocenters. The molecular formula is C14H20O. The van der Waals surface area contributed by atoms with Crippen LogP contribution in [0.1, 0.15) is 50.8 Å². The van der Waals surface area contributed by atoms with Gasteiger partial charge in [0.2, 0.25) is 0 Å². The van der Waals surface area contributed by atoms with E-state index in [1.807, 2.05) is 13.0 Å². The van der Waals surface area contributed by atoms with Crippen molar-refractivity contribution in [3.63, 3.8) is 0 Å². The largest absolute Gasteiger partial charge is 0.508 e. The monoisotopic (exact) mass is 204 g/mol. The van der Waals surface area contributed by atoms with E-state index in [0.717, 1.165) is 12.0 Å². The fraction of sp³-hybridized carbons (Fsp3) is 0.571. The van der Waals surface area contributed by atoms with Crippen LogP contribution in [0.25, 0.3) is 0 Å². The van der Waals surface area contributed by atoms with Gasteiger partial charge >= 0.3 is 0 Å².